The standard InChI is InChI=1S/C51H31N5O/c1-4-15-32(16-5-1)36-23-14-26-44-46(36)41-28-27-35(31-45(41)57-44)55-42-24-12-10-21-37(42)39-29-30-40-38-22-11-13-25-43(38)56(48(40)47(39)55)51-53-49(33-17-6-2-7-18-33)52-50(54-51)34-19-8-3-9-20-34/h1-31H/i1D,2D,3D,4D,5D,6D,7D,8D,9D,14D,15D,16D,17D,18D,19D,20D,23D,26D,27D,28D,31D. The molecule has 0 radical (unpaired) electrons. The summed E-state index contributed by atoms with van der Waals surface area (Å²) in [4.78, 5) is 14.0. The van der Waals surface area contributed by atoms with Crippen molar-refractivity contribution in [1.29, 1.82) is 0 Å². The predicted octanol–water partition coefficient (Wildman–Crippen LogP) is 13.0. The average molecular weight is 751 g/mol. The zero-order chi connectivity index (χ0) is 55.7. The van der Waals surface area contributed by atoms with Gasteiger partial charge in [-0.3, -0.25) is 4.57 Å². The number of hydrogen-bond acceptors (Lipinski definition) is 4. The molecule has 0 aliphatic heterocycles. The second-order valence-electron chi connectivity index (χ2n) is 12.8. The largest absolute Gasteiger partial charge is 0.456 e. The predicted molar refractivity (Wildman–Crippen MR) is 232 cm³/mol. The minimum Gasteiger partial charge on any atom is -0.456 e. The van der Waals surface area contributed by atoms with Crippen molar-refractivity contribution in [2.24, 2.45) is 0 Å². The smallest absolute Gasteiger partial charge is 0.238 e. The minimum absolute atomic E-state index is 0.249. The van der Waals surface area contributed by atoms with E-state index in [4.69, 9.17) is 39.1 Å². The molecule has 0 aliphatic carbocycles. The van der Waals surface area contributed by atoms with Gasteiger partial charge >= 0.3 is 0 Å². The van der Waals surface area contributed by atoms with Crippen molar-refractivity contribution in [3.63, 3.8) is 0 Å². The molecule has 266 valence electrons. The van der Waals surface area contributed by atoms with E-state index in [0.29, 0.717) is 32.6 Å². The van der Waals surface area contributed by atoms with E-state index in [1.165, 1.54) is 9.13 Å². The third-order valence-electron chi connectivity index (χ3n) is 9.77. The quantitative estimate of drug-likeness (QED) is 0.176. The van der Waals surface area contributed by atoms with Crippen molar-refractivity contribution < 1.29 is 33.2 Å². The van der Waals surface area contributed by atoms with Crippen LogP contribution < -0.4 is 0 Å². The molecule has 0 atom stereocenters. The summed E-state index contributed by atoms with van der Waals surface area (Å²) in [5.41, 5.74) is -1.81. The molecule has 0 spiro atoms. The van der Waals surface area contributed by atoms with Crippen molar-refractivity contribution in [1.82, 2.24) is 24.1 Å². The number of para-hydroxylation sites is 2. The van der Waals surface area contributed by atoms with Gasteiger partial charge in [-0.1, -0.05) is 151 Å². The number of hydrogen-bond donors (Lipinski definition) is 0. The molecule has 12 rings (SSSR count). The molecule has 0 fully saturated rings. The van der Waals surface area contributed by atoms with Crippen LogP contribution in [0.4, 0.5) is 0 Å². The van der Waals surface area contributed by atoms with E-state index in [0.717, 1.165) is 0 Å². The molecule has 57 heavy (non-hydrogen) atoms. The molecule has 0 unspecified atom stereocenters. The average Bonchev–Trinajstić information content (AvgIpc) is 3.63. The monoisotopic (exact) mass is 750 g/mol. The first-order valence-corrected chi connectivity index (χ1v) is 17.4. The van der Waals surface area contributed by atoms with E-state index in [9.17, 15) is 4.11 Å². The van der Waals surface area contributed by atoms with E-state index < -0.39 is 172 Å². The number of benzene rings is 8. The molecule has 8 aromatic carbocycles. The Morgan fingerprint density at radius 2 is 1.00 bits per heavy atom. The molecular weight excluding hydrogens is 699 g/mol. The van der Waals surface area contributed by atoms with Gasteiger partial charge in [0.05, 0.1) is 56.5 Å². The first-order chi connectivity index (χ1) is 37.0. The highest BCUT2D eigenvalue weighted by Gasteiger charge is 2.24. The Balaban J connectivity index is 1.26. The minimum atomic E-state index is -0.758. The third kappa shape index (κ3) is 4.81. The molecule has 4 aromatic heterocycles. The van der Waals surface area contributed by atoms with E-state index in [-0.39, 0.29) is 33.4 Å². The van der Waals surface area contributed by atoms with Crippen LogP contribution in [0.15, 0.2) is 192 Å². The van der Waals surface area contributed by atoms with E-state index >= 15 is 0 Å². The Morgan fingerprint density at radius 3 is 1.63 bits per heavy atom. The summed E-state index contributed by atoms with van der Waals surface area (Å²) in [5, 5.41) is 1.52. The topological polar surface area (TPSA) is 61.7 Å². The number of furan rings is 1. The number of nitrogens with zero attached hydrogens (tertiary/aromatic N) is 5. The van der Waals surface area contributed by atoms with Gasteiger partial charge in [0.15, 0.2) is 11.6 Å². The van der Waals surface area contributed by atoms with E-state index in [2.05, 4.69) is 4.98 Å². The highest BCUT2D eigenvalue weighted by atomic mass is 16.3. The van der Waals surface area contributed by atoms with Crippen molar-refractivity contribution in [3.05, 3.63) is 188 Å². The lowest BCUT2D eigenvalue weighted by Gasteiger charge is -2.13. The van der Waals surface area contributed by atoms with Crippen LogP contribution in [0.2, 0.25) is 0 Å². The lowest BCUT2D eigenvalue weighted by Crippen LogP contribution is -2.07. The molecular formula is C51H31N5O. The van der Waals surface area contributed by atoms with Gasteiger partial charge in [-0.2, -0.15) is 9.97 Å². The Hall–Kier alpha value is -7.83. The first kappa shape index (κ1) is 17.3. The summed E-state index contributed by atoms with van der Waals surface area (Å²) in [6, 6.07) is 2.57. The SMILES string of the molecule is [2H]c1c([2H])c([2H])c(-c2nc(-c3c([2H])c([2H])c([2H])c([2H])c3[2H])nc(-n3c4ccccc4c4ccc5c6ccccc6n(-c6c([2H])c([2H])c7c(oc8c([2H])c([2H])c([2H])c(-c9c([2H])c([2H])c([2H])c([2H])c9[2H])c87)c6[2H])c5c43)n2)c([2H])c1[2H]. The summed E-state index contributed by atoms with van der Waals surface area (Å²) in [6.07, 6.45) is 0. The number of rotatable bonds is 5. The Morgan fingerprint density at radius 1 is 0.439 bits per heavy atom. The second-order valence-corrected chi connectivity index (χ2v) is 12.8. The van der Waals surface area contributed by atoms with Crippen LogP contribution in [0.25, 0.3) is 111 Å². The summed E-state index contributed by atoms with van der Waals surface area (Å²) in [5.74, 6) is -1.40. The highest BCUT2D eigenvalue weighted by Crippen LogP contribution is 2.43. The van der Waals surface area contributed by atoms with Crippen molar-refractivity contribution in [2.45, 2.75) is 0 Å². The van der Waals surface area contributed by atoms with Crippen LogP contribution in [0.3, 0.4) is 0 Å². The molecule has 0 aliphatic rings. The van der Waals surface area contributed by atoms with Gasteiger partial charge in [-0.05, 0) is 41.4 Å². The van der Waals surface area contributed by atoms with Gasteiger partial charge in [0.25, 0.3) is 0 Å². The molecule has 0 amide bonds. The lowest BCUT2D eigenvalue weighted by molar-refractivity contribution is 0.668. The van der Waals surface area contributed by atoms with Gasteiger partial charge in [-0.15, -0.1) is 0 Å². The van der Waals surface area contributed by atoms with Crippen molar-refractivity contribution in [2.75, 3.05) is 0 Å². The summed E-state index contributed by atoms with van der Waals surface area (Å²) < 4.78 is 195. The van der Waals surface area contributed by atoms with Gasteiger partial charge in [-0.25, -0.2) is 4.98 Å². The molecule has 12 aromatic rings. The molecule has 6 nitrogen and oxygen atoms in total. The van der Waals surface area contributed by atoms with Crippen molar-refractivity contribution in [3.8, 4) is 45.5 Å². The summed E-state index contributed by atoms with van der Waals surface area (Å²) >= 11 is 0. The third-order valence-corrected chi connectivity index (χ3v) is 9.77. The maximum atomic E-state index is 10.00. The van der Waals surface area contributed by atoms with Crippen LogP contribution >= 0.6 is 0 Å². The zero-order valence-corrected chi connectivity index (χ0v) is 28.9. The number of aromatic nitrogens is 5. The van der Waals surface area contributed by atoms with Crippen LogP contribution in [0.1, 0.15) is 28.8 Å². The van der Waals surface area contributed by atoms with Gasteiger partial charge in [0.2, 0.25) is 5.95 Å². The number of fused-ring (bicyclic) bond motifs is 10. The first-order valence-electron chi connectivity index (χ1n) is 27.9. The summed E-state index contributed by atoms with van der Waals surface area (Å²) in [6.45, 7) is 0. The summed E-state index contributed by atoms with van der Waals surface area (Å²) in [7, 11) is 0. The second kappa shape index (κ2) is 12.3. The van der Waals surface area contributed by atoms with Crippen LogP contribution in [0.5, 0.6) is 0 Å². The highest BCUT2D eigenvalue weighted by molar-refractivity contribution is 6.24. The molecule has 0 bridgehead atoms. The van der Waals surface area contributed by atoms with E-state index in [1.54, 1.807) is 60.7 Å². The Bertz CT molecular complexity index is 4600. The maximum Gasteiger partial charge on any atom is 0.238 e. The Kier molecular flexibility index (Phi) is 3.75. The Labute approximate surface area is 356 Å². The van der Waals surface area contributed by atoms with E-state index in [1.807, 2.05) is 0 Å². The van der Waals surface area contributed by atoms with Gasteiger partial charge < -0.3 is 8.98 Å². The van der Waals surface area contributed by atoms with Crippen LogP contribution in [0, 0.1) is 0 Å². The fourth-order valence-electron chi connectivity index (χ4n) is 7.47. The molecule has 6 heteroatoms. The van der Waals surface area contributed by atoms with Gasteiger partial charge in [0.1, 0.15) is 11.2 Å². The van der Waals surface area contributed by atoms with Gasteiger partial charge in [0, 0.05) is 49.5 Å². The van der Waals surface area contributed by atoms with Crippen molar-refractivity contribution >= 4 is 65.6 Å². The normalized spacial score (nSPS) is 17.0. The fraction of sp³-hybridized carbons (Fsp3) is 0. The zero-order valence-electron chi connectivity index (χ0n) is 49.9. The van der Waals surface area contributed by atoms with Crippen LogP contribution in [-0.4, -0.2) is 24.1 Å². The molecule has 0 N–H and O–H groups in total. The lowest BCUT2D eigenvalue weighted by atomic mass is 9.99. The molecule has 0 saturated heterocycles. The fourth-order valence-corrected chi connectivity index (χ4v) is 7.47. The molecule has 4 heterocycles. The molecule has 0 saturated carbocycles. The van der Waals surface area contributed by atoms with Crippen LogP contribution in [-0.2, 0) is 0 Å². The maximum absolute atomic E-state index is 10.00.